The molecule has 0 fully saturated rings. The molecule has 1 aromatic heterocycles. The van der Waals surface area contributed by atoms with Gasteiger partial charge in [0.1, 0.15) is 6.54 Å². The van der Waals surface area contributed by atoms with Gasteiger partial charge >= 0.3 is 0 Å². The van der Waals surface area contributed by atoms with Gasteiger partial charge < -0.3 is 14.0 Å². The lowest BCUT2D eigenvalue weighted by Gasteiger charge is -2.22. The van der Waals surface area contributed by atoms with Crippen molar-refractivity contribution in [2.75, 3.05) is 31.3 Å². The Morgan fingerprint density at radius 2 is 1.74 bits per heavy atom. The smallest absolute Gasteiger partial charge is 0.260 e. The number of para-hydroxylation sites is 1. The molecule has 1 amide bonds. The number of aromatic nitrogens is 1. The van der Waals surface area contributed by atoms with Crippen LogP contribution in [-0.4, -0.2) is 52.1 Å². The first kappa shape index (κ1) is 24.8. The summed E-state index contributed by atoms with van der Waals surface area (Å²) >= 11 is 0. The van der Waals surface area contributed by atoms with Crippen LogP contribution in [0.25, 0.3) is 5.69 Å². The zero-order valence-corrected chi connectivity index (χ0v) is 20.6. The average Bonchev–Trinajstić information content (AvgIpc) is 3.09. The molecule has 10 heteroatoms. The number of hydrogen-bond acceptors (Lipinski definition) is 6. The standard InChI is InChI=1S/C24H28N4O5S/c1-17-13-19(18(2)28(17)20-9-7-6-8-10-20)15-25-26-24(29)16-27(34(5,30)31)21-11-12-22(32-3)23(14-21)33-4/h6-15H,16H2,1-5H3,(H,26,29)/b25-15-. The molecule has 0 aliphatic carbocycles. The molecule has 2 aromatic carbocycles. The van der Waals surface area contributed by atoms with Gasteiger partial charge in [-0.3, -0.25) is 9.10 Å². The Kier molecular flexibility index (Phi) is 7.62. The van der Waals surface area contributed by atoms with Gasteiger partial charge in [-0.25, -0.2) is 13.8 Å². The first-order valence-electron chi connectivity index (χ1n) is 10.4. The highest BCUT2D eigenvalue weighted by molar-refractivity contribution is 7.92. The number of rotatable bonds is 9. The zero-order chi connectivity index (χ0) is 24.9. The molecule has 0 saturated heterocycles. The molecule has 180 valence electrons. The van der Waals surface area contributed by atoms with Crippen LogP contribution in [0.15, 0.2) is 59.7 Å². The molecule has 0 radical (unpaired) electrons. The number of benzene rings is 2. The van der Waals surface area contributed by atoms with Crippen molar-refractivity contribution in [3.63, 3.8) is 0 Å². The number of anilines is 1. The summed E-state index contributed by atoms with van der Waals surface area (Å²) in [6, 6.07) is 16.5. The largest absolute Gasteiger partial charge is 0.493 e. The Morgan fingerprint density at radius 3 is 2.35 bits per heavy atom. The van der Waals surface area contributed by atoms with Crippen molar-refractivity contribution in [3.8, 4) is 17.2 Å². The van der Waals surface area contributed by atoms with Crippen molar-refractivity contribution >= 4 is 27.8 Å². The fraction of sp³-hybridized carbons (Fsp3) is 0.250. The molecule has 0 saturated carbocycles. The molecule has 1 heterocycles. The maximum atomic E-state index is 12.5. The lowest BCUT2D eigenvalue weighted by Crippen LogP contribution is -2.39. The highest BCUT2D eigenvalue weighted by Gasteiger charge is 2.22. The lowest BCUT2D eigenvalue weighted by atomic mass is 10.2. The van der Waals surface area contributed by atoms with E-state index in [1.165, 1.54) is 26.4 Å². The number of hydrazone groups is 1. The second kappa shape index (κ2) is 10.4. The van der Waals surface area contributed by atoms with E-state index in [2.05, 4.69) is 15.1 Å². The van der Waals surface area contributed by atoms with Crippen molar-refractivity contribution in [1.29, 1.82) is 0 Å². The topological polar surface area (TPSA) is 102 Å². The SMILES string of the molecule is COc1ccc(N(CC(=O)N/N=C\c2cc(C)n(-c3ccccc3)c2C)S(C)(=O)=O)cc1OC. The minimum Gasteiger partial charge on any atom is -0.493 e. The van der Waals surface area contributed by atoms with Crippen LogP contribution in [0.4, 0.5) is 5.69 Å². The van der Waals surface area contributed by atoms with E-state index >= 15 is 0 Å². The molecule has 1 N–H and O–H groups in total. The van der Waals surface area contributed by atoms with Gasteiger partial charge in [-0.05, 0) is 44.2 Å². The minimum atomic E-state index is -3.75. The fourth-order valence-corrected chi connectivity index (χ4v) is 4.46. The van der Waals surface area contributed by atoms with Gasteiger partial charge in [0.25, 0.3) is 5.91 Å². The molecule has 0 bridgehead atoms. The van der Waals surface area contributed by atoms with Crippen LogP contribution in [0.1, 0.15) is 17.0 Å². The fourth-order valence-electron chi connectivity index (χ4n) is 3.61. The number of aryl methyl sites for hydroxylation is 1. The van der Waals surface area contributed by atoms with Crippen LogP contribution >= 0.6 is 0 Å². The molecule has 34 heavy (non-hydrogen) atoms. The van der Waals surface area contributed by atoms with Crippen molar-refractivity contribution in [1.82, 2.24) is 9.99 Å². The average molecular weight is 485 g/mol. The molecule has 9 nitrogen and oxygen atoms in total. The summed E-state index contributed by atoms with van der Waals surface area (Å²) in [6.45, 7) is 3.50. The van der Waals surface area contributed by atoms with Gasteiger partial charge in [-0.15, -0.1) is 0 Å². The molecule has 0 spiro atoms. The number of carbonyl (C=O) groups excluding carboxylic acids is 1. The van der Waals surface area contributed by atoms with Gasteiger partial charge in [0.05, 0.1) is 32.4 Å². The Bertz CT molecular complexity index is 1300. The number of hydrogen-bond donors (Lipinski definition) is 1. The predicted octanol–water partition coefficient (Wildman–Crippen LogP) is 3.03. The van der Waals surface area contributed by atoms with Crippen molar-refractivity contribution in [2.24, 2.45) is 5.10 Å². The number of carbonyl (C=O) groups is 1. The van der Waals surface area contributed by atoms with E-state index in [4.69, 9.17) is 9.47 Å². The summed E-state index contributed by atoms with van der Waals surface area (Å²) in [6.07, 6.45) is 2.57. The highest BCUT2D eigenvalue weighted by Crippen LogP contribution is 2.32. The van der Waals surface area contributed by atoms with Crippen molar-refractivity contribution in [2.45, 2.75) is 13.8 Å². The number of sulfonamides is 1. The van der Waals surface area contributed by atoms with Gasteiger partial charge in [-0.2, -0.15) is 5.10 Å². The Balaban J connectivity index is 1.75. The van der Waals surface area contributed by atoms with Crippen LogP contribution in [0, 0.1) is 13.8 Å². The van der Waals surface area contributed by atoms with E-state index in [1.54, 1.807) is 12.3 Å². The zero-order valence-electron chi connectivity index (χ0n) is 19.8. The summed E-state index contributed by atoms with van der Waals surface area (Å²) in [4.78, 5) is 12.5. The van der Waals surface area contributed by atoms with Crippen LogP contribution < -0.4 is 19.2 Å². The number of methoxy groups -OCH3 is 2. The second-order valence-electron chi connectivity index (χ2n) is 7.60. The van der Waals surface area contributed by atoms with E-state index in [1.807, 2.05) is 50.2 Å². The van der Waals surface area contributed by atoms with Gasteiger partial charge in [-0.1, -0.05) is 18.2 Å². The molecule has 3 rings (SSSR count). The van der Waals surface area contributed by atoms with Gasteiger partial charge in [0.15, 0.2) is 11.5 Å². The summed E-state index contributed by atoms with van der Waals surface area (Å²) < 4.78 is 38.2. The molecular weight excluding hydrogens is 456 g/mol. The van der Waals surface area contributed by atoms with Crippen LogP contribution in [0.3, 0.4) is 0 Å². The van der Waals surface area contributed by atoms with Crippen LogP contribution in [0.2, 0.25) is 0 Å². The third kappa shape index (κ3) is 5.57. The monoisotopic (exact) mass is 484 g/mol. The number of nitrogens with zero attached hydrogens (tertiary/aromatic N) is 3. The molecule has 0 aliphatic rings. The third-order valence-electron chi connectivity index (χ3n) is 5.22. The van der Waals surface area contributed by atoms with Gasteiger partial charge in [0, 0.05) is 28.7 Å². The summed E-state index contributed by atoms with van der Waals surface area (Å²) in [5.74, 6) is 0.205. The quantitative estimate of drug-likeness (QED) is 0.372. The Hall–Kier alpha value is -3.79. The highest BCUT2D eigenvalue weighted by atomic mass is 32.2. The number of amides is 1. The van der Waals surface area contributed by atoms with Crippen LogP contribution in [0.5, 0.6) is 11.5 Å². The Morgan fingerprint density at radius 1 is 1.06 bits per heavy atom. The summed E-state index contributed by atoms with van der Waals surface area (Å²) in [7, 11) is -0.826. The van der Waals surface area contributed by atoms with E-state index in [0.29, 0.717) is 11.5 Å². The third-order valence-corrected chi connectivity index (χ3v) is 6.36. The molecule has 0 unspecified atom stereocenters. The normalized spacial score (nSPS) is 11.4. The summed E-state index contributed by atoms with van der Waals surface area (Å²) in [5, 5.41) is 4.04. The molecule has 0 atom stereocenters. The number of ether oxygens (including phenoxy) is 2. The first-order valence-corrected chi connectivity index (χ1v) is 12.3. The van der Waals surface area contributed by atoms with E-state index in [9.17, 15) is 13.2 Å². The second-order valence-corrected chi connectivity index (χ2v) is 9.51. The molecule has 3 aromatic rings. The minimum absolute atomic E-state index is 0.269. The first-order chi connectivity index (χ1) is 16.2. The molecular formula is C24H28N4O5S. The van der Waals surface area contributed by atoms with E-state index < -0.39 is 22.5 Å². The lowest BCUT2D eigenvalue weighted by molar-refractivity contribution is -0.119. The van der Waals surface area contributed by atoms with Crippen molar-refractivity contribution < 1.29 is 22.7 Å². The number of nitrogens with one attached hydrogen (secondary N) is 1. The van der Waals surface area contributed by atoms with Crippen molar-refractivity contribution in [3.05, 3.63) is 71.5 Å². The maximum Gasteiger partial charge on any atom is 0.260 e. The van der Waals surface area contributed by atoms with Crippen LogP contribution in [-0.2, 0) is 14.8 Å². The van der Waals surface area contributed by atoms with E-state index in [0.717, 1.165) is 33.2 Å². The predicted molar refractivity (Wildman–Crippen MR) is 133 cm³/mol. The van der Waals surface area contributed by atoms with E-state index in [-0.39, 0.29) is 5.69 Å². The van der Waals surface area contributed by atoms with Gasteiger partial charge in [0.2, 0.25) is 10.0 Å². The molecule has 0 aliphatic heterocycles. The summed E-state index contributed by atoms with van der Waals surface area (Å²) in [5.41, 5.74) is 6.53. The maximum absolute atomic E-state index is 12.5. The Labute approximate surface area is 199 Å².